The lowest BCUT2D eigenvalue weighted by Gasteiger charge is -2.39. The van der Waals surface area contributed by atoms with Crippen LogP contribution in [0, 0.1) is 0 Å². The molecule has 0 spiro atoms. The molecule has 2 fully saturated rings. The average Bonchev–Trinajstić information content (AvgIpc) is 2.77. The van der Waals surface area contributed by atoms with Crippen LogP contribution in [-0.2, 0) is 14.6 Å². The number of amides is 1. The predicted octanol–water partition coefficient (Wildman–Crippen LogP) is 1.52. The maximum Gasteiger partial charge on any atom is 0.241 e. The zero-order valence-electron chi connectivity index (χ0n) is 13.7. The van der Waals surface area contributed by atoms with E-state index in [1.165, 1.54) is 6.26 Å². The molecular formula is C17H24N2O3S. The summed E-state index contributed by atoms with van der Waals surface area (Å²) in [6.07, 6.45) is 3.70. The van der Waals surface area contributed by atoms with E-state index in [0.717, 1.165) is 24.9 Å². The molecule has 1 aliphatic carbocycles. The van der Waals surface area contributed by atoms with Gasteiger partial charge in [-0.1, -0.05) is 30.3 Å². The average molecular weight is 336 g/mol. The Bertz CT molecular complexity index is 683. The van der Waals surface area contributed by atoms with Crippen molar-refractivity contribution in [3.05, 3.63) is 35.9 Å². The molecule has 0 unspecified atom stereocenters. The van der Waals surface area contributed by atoms with Gasteiger partial charge in [-0.2, -0.15) is 0 Å². The molecule has 2 atom stereocenters. The summed E-state index contributed by atoms with van der Waals surface area (Å²) in [5, 5.41) is 3.05. The van der Waals surface area contributed by atoms with Gasteiger partial charge in [0.1, 0.15) is 4.75 Å². The number of nitrogens with zero attached hydrogens (tertiary/aromatic N) is 1. The van der Waals surface area contributed by atoms with Crippen LogP contribution in [0.5, 0.6) is 0 Å². The molecule has 0 radical (unpaired) electrons. The third kappa shape index (κ3) is 2.78. The second-order valence-corrected chi connectivity index (χ2v) is 9.15. The summed E-state index contributed by atoms with van der Waals surface area (Å²) in [6.45, 7) is 0.885. The third-order valence-electron chi connectivity index (χ3n) is 5.39. The van der Waals surface area contributed by atoms with Gasteiger partial charge in [-0.25, -0.2) is 8.42 Å². The van der Waals surface area contributed by atoms with E-state index in [4.69, 9.17) is 0 Å². The first-order chi connectivity index (χ1) is 10.8. The van der Waals surface area contributed by atoms with Crippen LogP contribution in [0.25, 0.3) is 0 Å². The first-order valence-corrected chi connectivity index (χ1v) is 10.00. The second kappa shape index (κ2) is 5.91. The highest BCUT2D eigenvalue weighted by atomic mass is 32.2. The van der Waals surface area contributed by atoms with Crippen molar-refractivity contribution < 1.29 is 13.2 Å². The zero-order chi connectivity index (χ0) is 16.7. The molecule has 3 rings (SSSR count). The van der Waals surface area contributed by atoms with Crippen LogP contribution in [0.4, 0.5) is 0 Å². The van der Waals surface area contributed by atoms with Crippen LogP contribution >= 0.6 is 0 Å². The van der Waals surface area contributed by atoms with E-state index in [0.29, 0.717) is 12.8 Å². The maximum atomic E-state index is 12.7. The zero-order valence-corrected chi connectivity index (χ0v) is 14.5. The SMILES string of the molecule is CN1CC[C@H](NC(=O)C2(S(C)(=O)=O)CCC2)[C@@H]1c1ccccc1. The number of hydrogen-bond acceptors (Lipinski definition) is 4. The quantitative estimate of drug-likeness (QED) is 0.905. The molecule has 1 aromatic rings. The number of sulfone groups is 1. The maximum absolute atomic E-state index is 12.7. The summed E-state index contributed by atoms with van der Waals surface area (Å²) in [5.41, 5.74) is 1.15. The summed E-state index contributed by atoms with van der Waals surface area (Å²) >= 11 is 0. The Morgan fingerprint density at radius 1 is 1.26 bits per heavy atom. The van der Waals surface area contributed by atoms with Crippen molar-refractivity contribution in [3.8, 4) is 0 Å². The number of likely N-dealkylation sites (N-methyl/N-ethyl adjacent to an activating group) is 1. The van der Waals surface area contributed by atoms with E-state index in [9.17, 15) is 13.2 Å². The summed E-state index contributed by atoms with van der Waals surface area (Å²) in [4.78, 5) is 14.9. The molecule has 1 aliphatic heterocycles. The normalized spacial score (nSPS) is 27.4. The van der Waals surface area contributed by atoms with Crippen LogP contribution in [0.1, 0.15) is 37.3 Å². The summed E-state index contributed by atoms with van der Waals surface area (Å²) < 4.78 is 23.0. The predicted molar refractivity (Wildman–Crippen MR) is 89.8 cm³/mol. The van der Waals surface area contributed by atoms with Gasteiger partial charge in [-0.3, -0.25) is 9.69 Å². The summed E-state index contributed by atoms with van der Waals surface area (Å²) in [5.74, 6) is -0.313. The van der Waals surface area contributed by atoms with Crippen molar-refractivity contribution in [3.63, 3.8) is 0 Å². The molecule has 0 bridgehead atoms. The first kappa shape index (κ1) is 16.5. The molecule has 0 aromatic heterocycles. The second-order valence-electron chi connectivity index (χ2n) is 6.82. The lowest BCUT2D eigenvalue weighted by molar-refractivity contribution is -0.126. The van der Waals surface area contributed by atoms with Crippen molar-refractivity contribution in [1.29, 1.82) is 0 Å². The summed E-state index contributed by atoms with van der Waals surface area (Å²) in [7, 11) is -1.35. The Morgan fingerprint density at radius 2 is 1.91 bits per heavy atom. The van der Waals surface area contributed by atoms with Crippen LogP contribution in [0.15, 0.2) is 30.3 Å². The fourth-order valence-electron chi connectivity index (χ4n) is 3.80. The fourth-order valence-corrected chi connectivity index (χ4v) is 5.22. The van der Waals surface area contributed by atoms with Gasteiger partial charge in [0.05, 0.1) is 6.04 Å². The van der Waals surface area contributed by atoms with Gasteiger partial charge in [0.15, 0.2) is 9.84 Å². The number of likely N-dealkylation sites (tertiary alicyclic amines) is 1. The van der Waals surface area contributed by atoms with Crippen molar-refractivity contribution in [1.82, 2.24) is 10.2 Å². The van der Waals surface area contributed by atoms with Gasteiger partial charge < -0.3 is 5.32 Å². The first-order valence-electron chi connectivity index (χ1n) is 8.11. The molecule has 126 valence electrons. The number of carbonyl (C=O) groups excluding carboxylic acids is 1. The Labute approximate surface area is 138 Å². The van der Waals surface area contributed by atoms with Crippen molar-refractivity contribution >= 4 is 15.7 Å². The largest absolute Gasteiger partial charge is 0.350 e. The molecule has 1 saturated heterocycles. The minimum Gasteiger partial charge on any atom is -0.350 e. The topological polar surface area (TPSA) is 66.5 Å². The molecule has 1 amide bonds. The number of rotatable bonds is 4. The van der Waals surface area contributed by atoms with Crippen LogP contribution in [0.3, 0.4) is 0 Å². The Hall–Kier alpha value is -1.40. The van der Waals surface area contributed by atoms with E-state index in [2.05, 4.69) is 22.3 Å². The van der Waals surface area contributed by atoms with Crippen molar-refractivity contribution in [2.75, 3.05) is 19.8 Å². The van der Waals surface area contributed by atoms with Crippen molar-refractivity contribution in [2.45, 2.75) is 42.5 Å². The number of nitrogens with one attached hydrogen (secondary N) is 1. The van der Waals surface area contributed by atoms with Gasteiger partial charge >= 0.3 is 0 Å². The van der Waals surface area contributed by atoms with E-state index in [1.54, 1.807) is 0 Å². The lowest BCUT2D eigenvalue weighted by atomic mass is 9.83. The molecular weight excluding hydrogens is 312 g/mol. The number of carbonyl (C=O) groups is 1. The van der Waals surface area contributed by atoms with Gasteiger partial charge in [-0.15, -0.1) is 0 Å². The Morgan fingerprint density at radius 3 is 2.43 bits per heavy atom. The Balaban J connectivity index is 1.80. The highest BCUT2D eigenvalue weighted by Crippen LogP contribution is 2.40. The van der Waals surface area contributed by atoms with E-state index in [-0.39, 0.29) is 18.0 Å². The van der Waals surface area contributed by atoms with Crippen LogP contribution in [-0.4, -0.2) is 49.9 Å². The molecule has 2 aliphatic rings. The van der Waals surface area contributed by atoms with Gasteiger partial charge in [0, 0.05) is 18.8 Å². The van der Waals surface area contributed by atoms with Crippen LogP contribution in [0.2, 0.25) is 0 Å². The van der Waals surface area contributed by atoms with Gasteiger partial charge in [0.25, 0.3) is 0 Å². The number of hydrogen-bond donors (Lipinski definition) is 1. The third-order valence-corrected chi connectivity index (χ3v) is 7.40. The van der Waals surface area contributed by atoms with Crippen molar-refractivity contribution in [2.24, 2.45) is 0 Å². The molecule has 1 saturated carbocycles. The minimum absolute atomic E-state index is 0.0471. The van der Waals surface area contributed by atoms with Crippen LogP contribution < -0.4 is 5.32 Å². The molecule has 6 heteroatoms. The smallest absolute Gasteiger partial charge is 0.241 e. The minimum atomic E-state index is -3.39. The highest BCUT2D eigenvalue weighted by Gasteiger charge is 2.53. The Kier molecular flexibility index (Phi) is 4.23. The van der Waals surface area contributed by atoms with E-state index >= 15 is 0 Å². The fraction of sp³-hybridized carbons (Fsp3) is 0.588. The van der Waals surface area contributed by atoms with E-state index in [1.807, 2.05) is 25.2 Å². The molecule has 1 heterocycles. The molecule has 1 aromatic carbocycles. The summed E-state index contributed by atoms with van der Waals surface area (Å²) in [6, 6.07) is 10.1. The molecule has 5 nitrogen and oxygen atoms in total. The lowest BCUT2D eigenvalue weighted by Crippen LogP contribution is -2.58. The van der Waals surface area contributed by atoms with Gasteiger partial charge in [-0.05, 0) is 38.3 Å². The molecule has 23 heavy (non-hydrogen) atoms. The van der Waals surface area contributed by atoms with E-state index < -0.39 is 14.6 Å². The van der Waals surface area contributed by atoms with Gasteiger partial charge in [0.2, 0.25) is 5.91 Å². The molecule has 1 N–H and O–H groups in total. The number of benzene rings is 1. The monoisotopic (exact) mass is 336 g/mol. The highest BCUT2D eigenvalue weighted by molar-refractivity contribution is 7.93. The standard InChI is InChI=1S/C17H24N2O3S/c1-19-12-9-14(15(19)13-7-4-3-5-8-13)18-16(20)17(10-6-11-17)23(2,21)22/h3-5,7-8,14-15H,6,9-12H2,1-2H3,(H,18,20)/t14-,15-/m0/s1.